The van der Waals surface area contributed by atoms with Gasteiger partial charge in [0.05, 0.1) is 11.4 Å². The number of hydrogen-bond acceptors (Lipinski definition) is 4. The number of rotatable bonds is 3. The van der Waals surface area contributed by atoms with E-state index in [2.05, 4.69) is 16.4 Å². The predicted molar refractivity (Wildman–Crippen MR) is 85.3 cm³/mol. The molecule has 0 radical (unpaired) electrons. The van der Waals surface area contributed by atoms with Crippen LogP contribution in [-0.2, 0) is 16.1 Å². The lowest BCUT2D eigenvalue weighted by atomic mass is 9.87. The summed E-state index contributed by atoms with van der Waals surface area (Å²) in [6, 6.07) is 11.5. The normalized spacial score (nSPS) is 17.7. The Balaban J connectivity index is 1.77. The Hall–Kier alpha value is -2.74. The molecule has 1 aromatic carbocycles. The van der Waals surface area contributed by atoms with Gasteiger partial charge in [-0.05, 0) is 25.0 Å². The number of aromatic nitrogens is 1. The predicted octanol–water partition coefficient (Wildman–Crippen LogP) is 2.48. The van der Waals surface area contributed by atoms with Crippen LogP contribution < -0.4 is 5.32 Å². The standard InChI is InChI=1S/C18H17N3O2/c19-10-16-13(9-12-5-1-3-7-15(12)21-16)11-20-18(23)14-6-2-4-8-17(14)22/h1,3,5,7,9,14H,2,4,6,8,11H2,(H,20,23). The number of amides is 1. The Morgan fingerprint density at radius 1 is 1.35 bits per heavy atom. The summed E-state index contributed by atoms with van der Waals surface area (Å²) in [6.45, 7) is 0.212. The van der Waals surface area contributed by atoms with Crippen LogP contribution in [0.1, 0.15) is 36.9 Å². The van der Waals surface area contributed by atoms with Gasteiger partial charge in [0.15, 0.2) is 0 Å². The Morgan fingerprint density at radius 3 is 2.96 bits per heavy atom. The fourth-order valence-electron chi connectivity index (χ4n) is 2.96. The topological polar surface area (TPSA) is 82.8 Å². The summed E-state index contributed by atoms with van der Waals surface area (Å²) < 4.78 is 0. The van der Waals surface area contributed by atoms with Gasteiger partial charge in [0.25, 0.3) is 0 Å². The van der Waals surface area contributed by atoms with Gasteiger partial charge in [0.1, 0.15) is 17.5 Å². The third kappa shape index (κ3) is 3.21. The van der Waals surface area contributed by atoms with E-state index in [0.717, 1.165) is 23.7 Å². The van der Waals surface area contributed by atoms with Crippen LogP contribution in [0.3, 0.4) is 0 Å². The average Bonchev–Trinajstić information content (AvgIpc) is 2.59. The van der Waals surface area contributed by atoms with Gasteiger partial charge in [-0.2, -0.15) is 5.26 Å². The molecular weight excluding hydrogens is 290 g/mol. The fraction of sp³-hybridized carbons (Fsp3) is 0.333. The van der Waals surface area contributed by atoms with Crippen LogP contribution in [0, 0.1) is 17.2 Å². The molecule has 0 saturated heterocycles. The molecule has 1 aliphatic rings. The average molecular weight is 307 g/mol. The van der Waals surface area contributed by atoms with Crippen molar-refractivity contribution in [1.82, 2.24) is 10.3 Å². The van der Waals surface area contributed by atoms with Gasteiger partial charge < -0.3 is 5.32 Å². The number of pyridine rings is 1. The molecule has 1 N–H and O–H groups in total. The van der Waals surface area contributed by atoms with Gasteiger partial charge in [-0.25, -0.2) is 4.98 Å². The van der Waals surface area contributed by atoms with E-state index in [1.807, 2.05) is 30.3 Å². The smallest absolute Gasteiger partial charge is 0.230 e. The number of carbonyl (C=O) groups is 2. The van der Waals surface area contributed by atoms with Gasteiger partial charge in [0.2, 0.25) is 5.91 Å². The third-order valence-electron chi connectivity index (χ3n) is 4.23. The van der Waals surface area contributed by atoms with E-state index < -0.39 is 5.92 Å². The molecule has 5 nitrogen and oxygen atoms in total. The molecule has 3 rings (SSSR count). The fourth-order valence-corrected chi connectivity index (χ4v) is 2.96. The van der Waals surface area contributed by atoms with Crippen molar-refractivity contribution in [3.8, 4) is 6.07 Å². The number of nitrogens with one attached hydrogen (secondary N) is 1. The van der Waals surface area contributed by atoms with E-state index in [1.54, 1.807) is 0 Å². The van der Waals surface area contributed by atoms with Crippen LogP contribution in [-0.4, -0.2) is 16.7 Å². The number of benzene rings is 1. The van der Waals surface area contributed by atoms with Crippen LogP contribution in [0.2, 0.25) is 0 Å². The molecule has 1 aromatic heterocycles. The molecule has 0 aliphatic heterocycles. The Bertz CT molecular complexity index is 808. The maximum atomic E-state index is 12.2. The van der Waals surface area contributed by atoms with Gasteiger partial charge in [-0.15, -0.1) is 0 Å². The van der Waals surface area contributed by atoms with Gasteiger partial charge in [-0.1, -0.05) is 24.6 Å². The lowest BCUT2D eigenvalue weighted by molar-refractivity contribution is -0.135. The van der Waals surface area contributed by atoms with Gasteiger partial charge >= 0.3 is 0 Å². The molecule has 23 heavy (non-hydrogen) atoms. The van der Waals surface area contributed by atoms with E-state index >= 15 is 0 Å². The zero-order valence-electron chi connectivity index (χ0n) is 12.7. The molecule has 2 aromatic rings. The number of carbonyl (C=O) groups excluding carboxylic acids is 2. The molecule has 1 amide bonds. The van der Waals surface area contributed by atoms with E-state index in [-0.39, 0.29) is 18.2 Å². The first-order valence-corrected chi connectivity index (χ1v) is 7.78. The molecule has 5 heteroatoms. The molecule has 116 valence electrons. The summed E-state index contributed by atoms with van der Waals surface area (Å²) >= 11 is 0. The van der Waals surface area contributed by atoms with E-state index in [9.17, 15) is 14.9 Å². The summed E-state index contributed by atoms with van der Waals surface area (Å²) in [5, 5.41) is 13.0. The van der Waals surface area contributed by atoms with Crippen LogP contribution in [0.15, 0.2) is 30.3 Å². The van der Waals surface area contributed by atoms with Crippen LogP contribution in [0.25, 0.3) is 10.9 Å². The van der Waals surface area contributed by atoms with E-state index in [1.165, 1.54) is 0 Å². The van der Waals surface area contributed by atoms with Gasteiger partial charge in [-0.3, -0.25) is 9.59 Å². The third-order valence-corrected chi connectivity index (χ3v) is 4.23. The van der Waals surface area contributed by atoms with Crippen molar-refractivity contribution in [1.29, 1.82) is 5.26 Å². The first-order chi connectivity index (χ1) is 11.2. The maximum Gasteiger partial charge on any atom is 0.230 e. The minimum Gasteiger partial charge on any atom is -0.351 e. The van der Waals surface area contributed by atoms with Crippen molar-refractivity contribution in [3.63, 3.8) is 0 Å². The first kappa shape index (κ1) is 15.2. The largest absolute Gasteiger partial charge is 0.351 e. The lowest BCUT2D eigenvalue weighted by Gasteiger charge is -2.19. The van der Waals surface area contributed by atoms with Gasteiger partial charge in [0, 0.05) is 23.9 Å². The molecule has 1 atom stereocenters. The molecule has 1 unspecified atom stereocenters. The van der Waals surface area contributed by atoms with E-state index in [4.69, 9.17) is 0 Å². The minimum absolute atomic E-state index is 0.0193. The van der Waals surface area contributed by atoms with E-state index in [0.29, 0.717) is 24.1 Å². The zero-order chi connectivity index (χ0) is 16.2. The Morgan fingerprint density at radius 2 is 2.17 bits per heavy atom. The zero-order valence-corrected chi connectivity index (χ0v) is 12.7. The molecule has 0 spiro atoms. The number of Topliss-reactive ketones (excluding diaryl/α,β-unsaturated/α-hetero) is 1. The number of nitrogens with zero attached hydrogens (tertiary/aromatic N) is 2. The number of para-hydroxylation sites is 1. The maximum absolute atomic E-state index is 12.2. The monoisotopic (exact) mass is 307 g/mol. The van der Waals surface area contributed by atoms with Crippen molar-refractivity contribution >= 4 is 22.6 Å². The molecular formula is C18H17N3O2. The summed E-state index contributed by atoms with van der Waals surface area (Å²) in [6.07, 6.45) is 2.88. The molecule has 1 aliphatic carbocycles. The molecule has 1 heterocycles. The second kappa shape index (κ2) is 6.57. The second-order valence-electron chi connectivity index (χ2n) is 5.78. The molecule has 1 fully saturated rings. The number of fused-ring (bicyclic) bond motifs is 1. The molecule has 1 saturated carbocycles. The van der Waals surface area contributed by atoms with Crippen molar-refractivity contribution in [2.24, 2.45) is 5.92 Å². The summed E-state index contributed by atoms with van der Waals surface area (Å²) in [4.78, 5) is 28.3. The van der Waals surface area contributed by atoms with Crippen molar-refractivity contribution in [2.75, 3.05) is 0 Å². The van der Waals surface area contributed by atoms with Crippen LogP contribution in [0.5, 0.6) is 0 Å². The van der Waals surface area contributed by atoms with Crippen LogP contribution >= 0.6 is 0 Å². The highest BCUT2D eigenvalue weighted by molar-refractivity contribution is 6.01. The number of nitriles is 1. The highest BCUT2D eigenvalue weighted by atomic mass is 16.2. The van der Waals surface area contributed by atoms with Crippen LogP contribution in [0.4, 0.5) is 0 Å². The highest BCUT2D eigenvalue weighted by Gasteiger charge is 2.28. The quantitative estimate of drug-likeness (QED) is 0.883. The highest BCUT2D eigenvalue weighted by Crippen LogP contribution is 2.21. The van der Waals surface area contributed by atoms with Crippen molar-refractivity contribution in [2.45, 2.75) is 32.2 Å². The minimum atomic E-state index is -0.539. The molecule has 0 bridgehead atoms. The number of hydrogen-bond donors (Lipinski definition) is 1. The van der Waals surface area contributed by atoms with Crippen molar-refractivity contribution < 1.29 is 9.59 Å². The second-order valence-corrected chi connectivity index (χ2v) is 5.78. The first-order valence-electron chi connectivity index (χ1n) is 7.78. The Labute approximate surface area is 134 Å². The summed E-state index contributed by atoms with van der Waals surface area (Å²) in [5.74, 6) is -0.764. The summed E-state index contributed by atoms with van der Waals surface area (Å²) in [5.41, 5.74) is 1.73. The lowest BCUT2D eigenvalue weighted by Crippen LogP contribution is -2.36. The summed E-state index contributed by atoms with van der Waals surface area (Å²) in [7, 11) is 0. The van der Waals surface area contributed by atoms with Crippen molar-refractivity contribution in [3.05, 3.63) is 41.6 Å². The Kier molecular flexibility index (Phi) is 4.33. The SMILES string of the molecule is N#Cc1nc2ccccc2cc1CNC(=O)C1CCCCC1=O. The number of ketones is 1.